The molecule has 88 valence electrons. The second kappa shape index (κ2) is 5.55. The van der Waals surface area contributed by atoms with Gasteiger partial charge in [0.15, 0.2) is 0 Å². The summed E-state index contributed by atoms with van der Waals surface area (Å²) < 4.78 is 24.6. The Kier molecular flexibility index (Phi) is 4.37. The smallest absolute Gasteiger partial charge is 0.263 e. The predicted octanol–water partition coefficient (Wildman–Crippen LogP) is 1.76. The Morgan fingerprint density at radius 2 is 1.81 bits per heavy atom. The summed E-state index contributed by atoms with van der Waals surface area (Å²) in [6.07, 6.45) is -2.33. The Bertz CT molecular complexity index is 352. The van der Waals surface area contributed by atoms with Crippen molar-refractivity contribution in [3.8, 4) is 0 Å². The van der Waals surface area contributed by atoms with E-state index in [0.29, 0.717) is 0 Å². The van der Waals surface area contributed by atoms with Crippen molar-refractivity contribution in [2.45, 2.75) is 18.9 Å². The summed E-state index contributed by atoms with van der Waals surface area (Å²) in [5.41, 5.74) is 5.82. The van der Waals surface area contributed by atoms with Gasteiger partial charge < -0.3 is 11.1 Å². The first-order chi connectivity index (χ1) is 7.54. The molecule has 0 saturated carbocycles. The molecule has 1 aromatic carbocycles. The van der Waals surface area contributed by atoms with Crippen LogP contribution in [0.1, 0.15) is 30.0 Å². The molecule has 1 atom stereocenters. The second-order valence-electron chi connectivity index (χ2n) is 3.48. The number of nitrogens with two attached hydrogens (primary N) is 1. The molecule has 3 N–H and O–H groups in total. The molecule has 0 radical (unpaired) electrons. The summed E-state index contributed by atoms with van der Waals surface area (Å²) in [5, 5.41) is 2.91. The summed E-state index contributed by atoms with van der Waals surface area (Å²) in [5.74, 6) is -0.433. The van der Waals surface area contributed by atoms with Crippen LogP contribution in [0.3, 0.4) is 0 Å². The van der Waals surface area contributed by atoms with Gasteiger partial charge in [0.2, 0.25) is 5.91 Å². The zero-order valence-electron chi connectivity index (χ0n) is 8.91. The monoisotopic (exact) mass is 228 g/mol. The van der Waals surface area contributed by atoms with Crippen molar-refractivity contribution >= 4 is 5.91 Å². The van der Waals surface area contributed by atoms with Crippen LogP contribution in [0.4, 0.5) is 8.78 Å². The molecule has 0 bridgehead atoms. The Labute approximate surface area is 92.6 Å². The van der Waals surface area contributed by atoms with Crippen LogP contribution in [-0.2, 0) is 4.79 Å². The SMILES string of the molecule is CNC(CC(N)=O)c1ccc(C(F)F)cc1. The Balaban J connectivity index is 2.82. The lowest BCUT2D eigenvalue weighted by Gasteiger charge is -2.15. The molecule has 0 aliphatic rings. The van der Waals surface area contributed by atoms with Crippen LogP contribution < -0.4 is 11.1 Å². The number of hydrogen-bond donors (Lipinski definition) is 2. The van der Waals surface area contributed by atoms with Gasteiger partial charge in [-0.3, -0.25) is 4.79 Å². The normalized spacial score (nSPS) is 12.8. The van der Waals surface area contributed by atoms with Gasteiger partial charge in [0, 0.05) is 18.0 Å². The maximum absolute atomic E-state index is 12.3. The number of amides is 1. The van der Waals surface area contributed by atoms with E-state index in [1.165, 1.54) is 12.1 Å². The molecule has 1 unspecified atom stereocenters. The molecule has 1 rings (SSSR count). The molecule has 1 aromatic rings. The highest BCUT2D eigenvalue weighted by Crippen LogP contribution is 2.22. The number of carbonyl (C=O) groups is 1. The van der Waals surface area contributed by atoms with E-state index in [-0.39, 0.29) is 18.0 Å². The fraction of sp³-hybridized carbons (Fsp3) is 0.364. The third kappa shape index (κ3) is 3.27. The van der Waals surface area contributed by atoms with Crippen molar-refractivity contribution in [3.05, 3.63) is 35.4 Å². The van der Waals surface area contributed by atoms with Crippen molar-refractivity contribution in [2.75, 3.05) is 7.05 Å². The lowest BCUT2D eigenvalue weighted by Crippen LogP contribution is -2.23. The first-order valence-electron chi connectivity index (χ1n) is 4.88. The molecule has 0 fully saturated rings. The van der Waals surface area contributed by atoms with Crippen molar-refractivity contribution in [1.29, 1.82) is 0 Å². The average Bonchev–Trinajstić information content (AvgIpc) is 2.25. The van der Waals surface area contributed by atoms with Crippen LogP contribution in [0.5, 0.6) is 0 Å². The van der Waals surface area contributed by atoms with E-state index >= 15 is 0 Å². The van der Waals surface area contributed by atoms with Crippen LogP contribution >= 0.6 is 0 Å². The van der Waals surface area contributed by atoms with Crippen molar-refractivity contribution in [2.24, 2.45) is 5.73 Å². The summed E-state index contributed by atoms with van der Waals surface area (Å²) in [4.78, 5) is 10.8. The topological polar surface area (TPSA) is 55.1 Å². The second-order valence-corrected chi connectivity index (χ2v) is 3.48. The minimum atomic E-state index is -2.47. The van der Waals surface area contributed by atoms with Crippen molar-refractivity contribution < 1.29 is 13.6 Å². The van der Waals surface area contributed by atoms with E-state index in [1.54, 1.807) is 19.2 Å². The van der Waals surface area contributed by atoms with Crippen LogP contribution in [0.15, 0.2) is 24.3 Å². The molecular formula is C11H14F2N2O. The number of benzene rings is 1. The number of primary amides is 1. The molecule has 5 heteroatoms. The van der Waals surface area contributed by atoms with E-state index in [0.717, 1.165) is 5.56 Å². The maximum atomic E-state index is 12.3. The molecule has 0 aliphatic heterocycles. The lowest BCUT2D eigenvalue weighted by molar-refractivity contribution is -0.118. The number of alkyl halides is 2. The summed E-state index contributed by atoms with van der Waals surface area (Å²) in [6, 6.07) is 5.62. The standard InChI is InChI=1S/C11H14F2N2O/c1-15-9(6-10(14)16)7-2-4-8(5-3-7)11(12)13/h2-5,9,11,15H,6H2,1H3,(H2,14,16). The summed E-state index contributed by atoms with van der Waals surface area (Å²) >= 11 is 0. The Morgan fingerprint density at radius 1 is 1.31 bits per heavy atom. The molecule has 3 nitrogen and oxygen atoms in total. The average molecular weight is 228 g/mol. The number of halogens is 2. The van der Waals surface area contributed by atoms with Crippen LogP contribution in [0.25, 0.3) is 0 Å². The van der Waals surface area contributed by atoms with Crippen LogP contribution in [0.2, 0.25) is 0 Å². The van der Waals surface area contributed by atoms with Gasteiger partial charge in [-0.15, -0.1) is 0 Å². The number of nitrogens with one attached hydrogen (secondary N) is 1. The maximum Gasteiger partial charge on any atom is 0.263 e. The van der Waals surface area contributed by atoms with E-state index in [4.69, 9.17) is 5.73 Å². The Morgan fingerprint density at radius 3 is 2.19 bits per heavy atom. The highest BCUT2D eigenvalue weighted by molar-refractivity contribution is 5.74. The molecule has 1 amide bonds. The minimum Gasteiger partial charge on any atom is -0.370 e. The third-order valence-corrected chi connectivity index (χ3v) is 2.34. The predicted molar refractivity (Wildman–Crippen MR) is 57.0 cm³/mol. The van der Waals surface area contributed by atoms with Gasteiger partial charge in [0.1, 0.15) is 0 Å². The summed E-state index contributed by atoms with van der Waals surface area (Å²) in [7, 11) is 1.69. The molecule has 0 spiro atoms. The van der Waals surface area contributed by atoms with Gasteiger partial charge in [0.25, 0.3) is 6.43 Å². The van der Waals surface area contributed by atoms with Gasteiger partial charge in [-0.25, -0.2) is 8.78 Å². The highest BCUT2D eigenvalue weighted by Gasteiger charge is 2.13. The van der Waals surface area contributed by atoms with Gasteiger partial charge in [-0.1, -0.05) is 24.3 Å². The van der Waals surface area contributed by atoms with E-state index in [2.05, 4.69) is 5.32 Å². The van der Waals surface area contributed by atoms with Crippen LogP contribution in [-0.4, -0.2) is 13.0 Å². The van der Waals surface area contributed by atoms with Gasteiger partial charge in [-0.2, -0.15) is 0 Å². The minimum absolute atomic E-state index is 0.0299. The molecule has 16 heavy (non-hydrogen) atoms. The zero-order chi connectivity index (χ0) is 12.1. The molecule has 0 aliphatic carbocycles. The lowest BCUT2D eigenvalue weighted by atomic mass is 10.0. The fourth-order valence-electron chi connectivity index (χ4n) is 1.46. The number of rotatable bonds is 5. The number of carbonyl (C=O) groups excluding carboxylic acids is 1. The zero-order valence-corrected chi connectivity index (χ0v) is 8.91. The first kappa shape index (κ1) is 12.6. The van der Waals surface area contributed by atoms with Gasteiger partial charge in [0.05, 0.1) is 0 Å². The third-order valence-electron chi connectivity index (χ3n) is 2.34. The fourth-order valence-corrected chi connectivity index (χ4v) is 1.46. The molecule has 0 saturated heterocycles. The van der Waals surface area contributed by atoms with Crippen molar-refractivity contribution in [1.82, 2.24) is 5.32 Å². The van der Waals surface area contributed by atoms with Crippen molar-refractivity contribution in [3.63, 3.8) is 0 Å². The number of hydrogen-bond acceptors (Lipinski definition) is 2. The Hall–Kier alpha value is -1.49. The molecule has 0 heterocycles. The van der Waals surface area contributed by atoms with Crippen LogP contribution in [0, 0.1) is 0 Å². The van der Waals surface area contributed by atoms with Gasteiger partial charge in [-0.05, 0) is 12.6 Å². The quantitative estimate of drug-likeness (QED) is 0.806. The first-order valence-corrected chi connectivity index (χ1v) is 4.88. The van der Waals surface area contributed by atoms with E-state index < -0.39 is 12.3 Å². The molecule has 0 aromatic heterocycles. The highest BCUT2D eigenvalue weighted by atomic mass is 19.3. The van der Waals surface area contributed by atoms with E-state index in [9.17, 15) is 13.6 Å². The molecular weight excluding hydrogens is 214 g/mol. The van der Waals surface area contributed by atoms with E-state index in [1.807, 2.05) is 0 Å². The van der Waals surface area contributed by atoms with Gasteiger partial charge >= 0.3 is 0 Å². The largest absolute Gasteiger partial charge is 0.370 e. The summed E-state index contributed by atoms with van der Waals surface area (Å²) in [6.45, 7) is 0.